The lowest BCUT2D eigenvalue weighted by Gasteiger charge is -2.25. The standard InChI is InChI=1S/C17H19ClN2O6S/c1-5-19(15-10-16(25-3)13(18)9-17(15)26-4)27(23,24)12-7-6-11(2)14(8-12)20(21)22/h6-10H,5H2,1-4H3. The Labute approximate surface area is 162 Å². The molecule has 0 amide bonds. The molecule has 10 heteroatoms. The van der Waals surface area contributed by atoms with Gasteiger partial charge in [-0.05, 0) is 19.9 Å². The summed E-state index contributed by atoms with van der Waals surface area (Å²) in [6, 6.07) is 6.68. The summed E-state index contributed by atoms with van der Waals surface area (Å²) in [5, 5.41) is 11.4. The molecule has 146 valence electrons. The average Bonchev–Trinajstić information content (AvgIpc) is 2.62. The van der Waals surface area contributed by atoms with Crippen LogP contribution in [0, 0.1) is 17.0 Å². The number of nitro benzene ring substituents is 1. The fourth-order valence-corrected chi connectivity index (χ4v) is 4.31. The van der Waals surface area contributed by atoms with Gasteiger partial charge in [0.1, 0.15) is 11.5 Å². The molecule has 8 nitrogen and oxygen atoms in total. The van der Waals surface area contributed by atoms with Crippen molar-refractivity contribution in [2.45, 2.75) is 18.7 Å². The Morgan fingerprint density at radius 3 is 2.30 bits per heavy atom. The second-order valence-electron chi connectivity index (χ2n) is 5.53. The number of ether oxygens (including phenoxy) is 2. The molecule has 0 aliphatic rings. The summed E-state index contributed by atoms with van der Waals surface area (Å²) >= 11 is 6.08. The molecule has 0 heterocycles. The van der Waals surface area contributed by atoms with Gasteiger partial charge in [0, 0.05) is 30.3 Å². The van der Waals surface area contributed by atoms with Gasteiger partial charge in [-0.2, -0.15) is 0 Å². The zero-order valence-corrected chi connectivity index (χ0v) is 16.8. The van der Waals surface area contributed by atoms with Crippen molar-refractivity contribution < 1.29 is 22.8 Å². The van der Waals surface area contributed by atoms with Crippen molar-refractivity contribution in [1.82, 2.24) is 0 Å². The number of benzene rings is 2. The molecule has 0 radical (unpaired) electrons. The molecule has 0 N–H and O–H groups in total. The highest BCUT2D eigenvalue weighted by Gasteiger charge is 2.29. The van der Waals surface area contributed by atoms with Crippen molar-refractivity contribution in [3.8, 4) is 11.5 Å². The molecule has 0 atom stereocenters. The molecule has 0 bridgehead atoms. The minimum Gasteiger partial charge on any atom is -0.495 e. The third kappa shape index (κ3) is 3.93. The van der Waals surface area contributed by atoms with Gasteiger partial charge in [-0.15, -0.1) is 0 Å². The van der Waals surface area contributed by atoms with Gasteiger partial charge in [0.2, 0.25) is 0 Å². The van der Waals surface area contributed by atoms with Gasteiger partial charge in [0.15, 0.2) is 0 Å². The van der Waals surface area contributed by atoms with E-state index < -0.39 is 14.9 Å². The largest absolute Gasteiger partial charge is 0.495 e. The first-order chi connectivity index (χ1) is 12.7. The fourth-order valence-electron chi connectivity index (χ4n) is 2.58. The topological polar surface area (TPSA) is 99.0 Å². The van der Waals surface area contributed by atoms with Gasteiger partial charge in [-0.1, -0.05) is 17.7 Å². The Balaban J connectivity index is 2.67. The molecule has 0 aliphatic carbocycles. The fraction of sp³-hybridized carbons (Fsp3) is 0.294. The maximum atomic E-state index is 13.2. The van der Waals surface area contributed by atoms with E-state index in [9.17, 15) is 18.5 Å². The molecule has 0 aromatic heterocycles. The zero-order chi connectivity index (χ0) is 20.4. The number of nitro groups is 1. The number of hydrogen-bond donors (Lipinski definition) is 0. The van der Waals surface area contributed by atoms with Crippen molar-refractivity contribution in [3.63, 3.8) is 0 Å². The number of methoxy groups -OCH3 is 2. The minimum atomic E-state index is -4.10. The van der Waals surface area contributed by atoms with E-state index in [0.717, 1.165) is 10.4 Å². The number of rotatable bonds is 7. The summed E-state index contributed by atoms with van der Waals surface area (Å²) in [6.07, 6.45) is 0. The molecule has 2 rings (SSSR count). The molecule has 0 aliphatic heterocycles. The van der Waals surface area contributed by atoms with E-state index in [1.165, 1.54) is 38.5 Å². The lowest BCUT2D eigenvalue weighted by atomic mass is 10.2. The van der Waals surface area contributed by atoms with Crippen LogP contribution in [-0.4, -0.2) is 34.1 Å². The first-order valence-electron chi connectivity index (χ1n) is 7.86. The first kappa shape index (κ1) is 20.8. The first-order valence-corrected chi connectivity index (χ1v) is 9.68. The molecule has 0 spiro atoms. The van der Waals surface area contributed by atoms with Gasteiger partial charge >= 0.3 is 0 Å². The van der Waals surface area contributed by atoms with Gasteiger partial charge < -0.3 is 9.47 Å². The molecule has 0 fully saturated rings. The Kier molecular flexibility index (Phi) is 6.17. The summed E-state index contributed by atoms with van der Waals surface area (Å²) in [4.78, 5) is 10.4. The molecule has 0 saturated heterocycles. The molecule has 0 saturated carbocycles. The number of sulfonamides is 1. The predicted molar refractivity (Wildman–Crippen MR) is 103 cm³/mol. The van der Waals surface area contributed by atoms with Crippen molar-refractivity contribution in [1.29, 1.82) is 0 Å². The van der Waals surface area contributed by atoms with E-state index in [4.69, 9.17) is 21.1 Å². The van der Waals surface area contributed by atoms with Crippen LogP contribution >= 0.6 is 11.6 Å². The minimum absolute atomic E-state index is 0.0607. The highest BCUT2D eigenvalue weighted by molar-refractivity contribution is 7.92. The Hall–Kier alpha value is -2.52. The number of halogens is 1. The Bertz CT molecular complexity index is 978. The summed E-state index contributed by atoms with van der Waals surface area (Å²) in [5.41, 5.74) is 0.310. The van der Waals surface area contributed by atoms with Crippen LogP contribution in [0.25, 0.3) is 0 Å². The number of nitrogens with zero attached hydrogens (tertiary/aromatic N) is 2. The monoisotopic (exact) mass is 414 g/mol. The summed E-state index contributed by atoms with van der Waals surface area (Å²) in [5.74, 6) is 0.504. The summed E-state index contributed by atoms with van der Waals surface area (Å²) < 4.78 is 37.9. The van der Waals surface area contributed by atoms with E-state index in [2.05, 4.69) is 0 Å². The van der Waals surface area contributed by atoms with Gasteiger partial charge in [-0.25, -0.2) is 8.42 Å². The van der Waals surface area contributed by atoms with Crippen LogP contribution in [0.2, 0.25) is 5.02 Å². The normalized spacial score (nSPS) is 11.1. The number of aryl methyl sites for hydroxylation is 1. The van der Waals surface area contributed by atoms with Gasteiger partial charge in [0.05, 0.1) is 34.7 Å². The number of hydrogen-bond acceptors (Lipinski definition) is 6. The molecular weight excluding hydrogens is 396 g/mol. The van der Waals surface area contributed by atoms with E-state index in [-0.39, 0.29) is 39.3 Å². The lowest BCUT2D eigenvalue weighted by molar-refractivity contribution is -0.385. The maximum Gasteiger partial charge on any atom is 0.273 e. The smallest absolute Gasteiger partial charge is 0.273 e. The van der Waals surface area contributed by atoms with Crippen LogP contribution in [-0.2, 0) is 10.0 Å². The van der Waals surface area contributed by atoms with Crippen molar-refractivity contribution in [2.24, 2.45) is 0 Å². The third-order valence-corrected chi connectivity index (χ3v) is 6.15. The molecule has 27 heavy (non-hydrogen) atoms. The average molecular weight is 415 g/mol. The molecule has 0 unspecified atom stereocenters. The van der Waals surface area contributed by atoms with Crippen molar-refractivity contribution in [3.05, 3.63) is 51.0 Å². The Morgan fingerprint density at radius 1 is 1.15 bits per heavy atom. The van der Waals surface area contributed by atoms with E-state index in [1.807, 2.05) is 0 Å². The maximum absolute atomic E-state index is 13.2. The highest BCUT2D eigenvalue weighted by Crippen LogP contribution is 2.40. The second kappa shape index (κ2) is 8.01. The van der Waals surface area contributed by atoms with Crippen LogP contribution < -0.4 is 13.8 Å². The zero-order valence-electron chi connectivity index (χ0n) is 15.2. The highest BCUT2D eigenvalue weighted by atomic mass is 35.5. The SMILES string of the molecule is CCN(c1cc(OC)c(Cl)cc1OC)S(=O)(=O)c1ccc(C)c([N+](=O)[O-])c1. The molecule has 2 aromatic carbocycles. The van der Waals surface area contributed by atoms with Crippen molar-refractivity contribution >= 4 is 33.0 Å². The number of anilines is 1. The van der Waals surface area contributed by atoms with Gasteiger partial charge in [-0.3, -0.25) is 14.4 Å². The second-order valence-corrected chi connectivity index (χ2v) is 7.80. The van der Waals surface area contributed by atoms with E-state index in [0.29, 0.717) is 5.56 Å². The van der Waals surface area contributed by atoms with E-state index >= 15 is 0 Å². The third-order valence-electron chi connectivity index (χ3n) is 3.97. The van der Waals surface area contributed by atoms with Crippen LogP contribution in [0.4, 0.5) is 11.4 Å². The molecular formula is C17H19ClN2O6S. The van der Waals surface area contributed by atoms with Crippen LogP contribution in [0.1, 0.15) is 12.5 Å². The summed E-state index contributed by atoms with van der Waals surface area (Å²) in [7, 11) is -1.30. The van der Waals surface area contributed by atoms with Crippen LogP contribution in [0.15, 0.2) is 35.2 Å². The summed E-state index contributed by atoms with van der Waals surface area (Å²) in [6.45, 7) is 3.24. The Morgan fingerprint density at radius 2 is 1.78 bits per heavy atom. The quantitative estimate of drug-likeness (QED) is 0.504. The van der Waals surface area contributed by atoms with E-state index in [1.54, 1.807) is 13.8 Å². The predicted octanol–water partition coefficient (Wildman–Crippen LogP) is 3.79. The molecule has 2 aromatic rings. The lowest BCUT2D eigenvalue weighted by Crippen LogP contribution is -2.31. The van der Waals surface area contributed by atoms with Crippen molar-refractivity contribution in [2.75, 3.05) is 25.1 Å². The van der Waals surface area contributed by atoms with Crippen LogP contribution in [0.3, 0.4) is 0 Å². The van der Waals surface area contributed by atoms with Gasteiger partial charge in [0.25, 0.3) is 15.7 Å². The van der Waals surface area contributed by atoms with Crippen LogP contribution in [0.5, 0.6) is 11.5 Å².